The molecule has 2 rings (SSSR count). The van der Waals surface area contributed by atoms with E-state index in [4.69, 9.17) is 0 Å². The number of halogens is 1. The summed E-state index contributed by atoms with van der Waals surface area (Å²) < 4.78 is 1.13. The lowest BCUT2D eigenvalue weighted by Gasteiger charge is -2.49. The van der Waals surface area contributed by atoms with Crippen molar-refractivity contribution in [3.8, 4) is 0 Å². The second-order valence-corrected chi connectivity index (χ2v) is 7.28. The van der Waals surface area contributed by atoms with Gasteiger partial charge in [-0.3, -0.25) is 0 Å². The van der Waals surface area contributed by atoms with Gasteiger partial charge in [-0.05, 0) is 64.9 Å². The highest BCUT2D eigenvalue weighted by molar-refractivity contribution is 9.10. The molecule has 1 saturated heterocycles. The van der Waals surface area contributed by atoms with Gasteiger partial charge >= 0.3 is 0 Å². The van der Waals surface area contributed by atoms with Crippen molar-refractivity contribution in [2.75, 3.05) is 18.0 Å². The Kier molecular flexibility index (Phi) is 3.75. The lowest BCUT2D eigenvalue weighted by Crippen LogP contribution is -2.57. The third-order valence-corrected chi connectivity index (χ3v) is 4.30. The van der Waals surface area contributed by atoms with Crippen LogP contribution in [0.4, 0.5) is 5.69 Å². The number of nitrogens with one attached hydrogen (secondary N) is 1. The Morgan fingerprint density at radius 1 is 1.06 bits per heavy atom. The van der Waals surface area contributed by atoms with E-state index in [1.54, 1.807) is 0 Å². The number of nitrogens with zero attached hydrogens (tertiary/aromatic N) is 1. The van der Waals surface area contributed by atoms with Crippen molar-refractivity contribution < 1.29 is 0 Å². The number of anilines is 1. The first kappa shape index (κ1) is 13.9. The Balaban J connectivity index is 2.44. The average Bonchev–Trinajstić information content (AvgIpc) is 2.37. The lowest BCUT2D eigenvalue weighted by molar-refractivity contribution is 0.357. The summed E-state index contributed by atoms with van der Waals surface area (Å²) in [4.78, 5) is 2.56. The minimum absolute atomic E-state index is 0.119. The van der Waals surface area contributed by atoms with Gasteiger partial charge in [0, 0.05) is 27.8 Å². The van der Waals surface area contributed by atoms with Crippen LogP contribution in [0, 0.1) is 0 Å². The maximum atomic E-state index is 3.55. The predicted octanol–water partition coefficient (Wildman–Crippen LogP) is 3.81. The van der Waals surface area contributed by atoms with Crippen LogP contribution in [-0.4, -0.2) is 24.2 Å². The summed E-state index contributed by atoms with van der Waals surface area (Å²) >= 11 is 3.51. The van der Waals surface area contributed by atoms with Crippen LogP contribution in [0.1, 0.15) is 34.1 Å². The highest BCUT2D eigenvalue weighted by atomic mass is 79.9. The molecule has 0 aliphatic carbocycles. The maximum Gasteiger partial charge on any atom is 0.0475 e. The molecule has 1 fully saturated rings. The topological polar surface area (TPSA) is 15.3 Å². The van der Waals surface area contributed by atoms with Crippen LogP contribution >= 0.6 is 15.9 Å². The van der Waals surface area contributed by atoms with Gasteiger partial charge < -0.3 is 10.2 Å². The molecule has 0 unspecified atom stereocenters. The van der Waals surface area contributed by atoms with Crippen molar-refractivity contribution >= 4 is 21.6 Å². The lowest BCUT2D eigenvalue weighted by atomic mass is 9.91. The average molecular weight is 311 g/mol. The van der Waals surface area contributed by atoms with Gasteiger partial charge in [0.15, 0.2) is 0 Å². The quantitative estimate of drug-likeness (QED) is 0.848. The van der Waals surface area contributed by atoms with Crippen LogP contribution < -0.4 is 10.2 Å². The molecule has 3 heteroatoms. The summed E-state index contributed by atoms with van der Waals surface area (Å²) in [6.45, 7) is 11.4. The van der Waals surface area contributed by atoms with Crippen LogP contribution in [-0.2, 0) is 0 Å². The molecule has 2 nitrogen and oxygen atoms in total. The minimum atomic E-state index is 0.119. The standard InChI is InChI=1S/C15H23BrN2/c1-14(2)9-10-17-11-15(3,4)18(14)13-7-5-12(16)6-8-13/h5-8,17H,9-11H2,1-4H3. The molecule has 1 N–H and O–H groups in total. The summed E-state index contributed by atoms with van der Waals surface area (Å²) in [5.41, 5.74) is 1.59. The van der Waals surface area contributed by atoms with E-state index in [0.29, 0.717) is 0 Å². The Labute approximate surface area is 119 Å². The van der Waals surface area contributed by atoms with Crippen molar-refractivity contribution in [1.29, 1.82) is 0 Å². The molecule has 0 radical (unpaired) electrons. The van der Waals surface area contributed by atoms with Crippen molar-refractivity contribution in [2.24, 2.45) is 0 Å². The third kappa shape index (κ3) is 2.72. The fraction of sp³-hybridized carbons (Fsp3) is 0.600. The fourth-order valence-electron chi connectivity index (χ4n) is 3.09. The van der Waals surface area contributed by atoms with Crippen LogP contribution in [0.2, 0.25) is 0 Å². The van der Waals surface area contributed by atoms with Gasteiger partial charge in [0.1, 0.15) is 0 Å². The molecular weight excluding hydrogens is 288 g/mol. The van der Waals surface area contributed by atoms with E-state index in [-0.39, 0.29) is 11.1 Å². The van der Waals surface area contributed by atoms with Gasteiger partial charge in [-0.2, -0.15) is 0 Å². The van der Waals surface area contributed by atoms with Gasteiger partial charge in [0.05, 0.1) is 0 Å². The third-order valence-electron chi connectivity index (χ3n) is 3.77. The molecule has 0 bridgehead atoms. The maximum absolute atomic E-state index is 3.55. The summed E-state index contributed by atoms with van der Waals surface area (Å²) in [6.07, 6.45) is 1.16. The van der Waals surface area contributed by atoms with E-state index < -0.39 is 0 Å². The predicted molar refractivity (Wildman–Crippen MR) is 82.3 cm³/mol. The summed E-state index contributed by atoms with van der Waals surface area (Å²) in [6, 6.07) is 8.66. The van der Waals surface area contributed by atoms with Gasteiger partial charge in [-0.15, -0.1) is 0 Å². The molecule has 1 aromatic rings. The van der Waals surface area contributed by atoms with E-state index in [0.717, 1.165) is 24.0 Å². The van der Waals surface area contributed by atoms with E-state index in [2.05, 4.69) is 78.1 Å². The Bertz CT molecular complexity index is 391. The van der Waals surface area contributed by atoms with E-state index in [1.807, 2.05) is 0 Å². The van der Waals surface area contributed by atoms with Gasteiger partial charge in [0.2, 0.25) is 0 Å². The minimum Gasteiger partial charge on any atom is -0.360 e. The van der Waals surface area contributed by atoms with Crippen molar-refractivity contribution in [3.05, 3.63) is 28.7 Å². The number of hydrogen-bond acceptors (Lipinski definition) is 2. The first-order chi connectivity index (χ1) is 8.33. The molecular formula is C15H23BrN2. The zero-order chi connectivity index (χ0) is 13.4. The largest absolute Gasteiger partial charge is 0.360 e. The molecule has 1 aliphatic rings. The van der Waals surface area contributed by atoms with Crippen LogP contribution in [0.5, 0.6) is 0 Å². The monoisotopic (exact) mass is 310 g/mol. The number of benzene rings is 1. The smallest absolute Gasteiger partial charge is 0.0475 e. The second kappa shape index (κ2) is 4.86. The first-order valence-electron chi connectivity index (χ1n) is 6.60. The molecule has 18 heavy (non-hydrogen) atoms. The molecule has 0 saturated carbocycles. The highest BCUT2D eigenvalue weighted by Gasteiger charge is 2.39. The zero-order valence-electron chi connectivity index (χ0n) is 11.8. The SMILES string of the molecule is CC1(C)CCNCC(C)(C)N1c1ccc(Br)cc1. The number of rotatable bonds is 1. The van der Waals surface area contributed by atoms with Gasteiger partial charge in [-0.1, -0.05) is 15.9 Å². The molecule has 0 atom stereocenters. The van der Waals surface area contributed by atoms with Crippen LogP contribution in [0.3, 0.4) is 0 Å². The second-order valence-electron chi connectivity index (χ2n) is 6.36. The molecule has 1 heterocycles. The van der Waals surface area contributed by atoms with Crippen LogP contribution in [0.15, 0.2) is 28.7 Å². The van der Waals surface area contributed by atoms with Crippen molar-refractivity contribution in [1.82, 2.24) is 5.32 Å². The van der Waals surface area contributed by atoms with Crippen LogP contribution in [0.25, 0.3) is 0 Å². The van der Waals surface area contributed by atoms with E-state index >= 15 is 0 Å². The summed E-state index contributed by atoms with van der Waals surface area (Å²) in [5, 5.41) is 3.55. The first-order valence-corrected chi connectivity index (χ1v) is 7.39. The fourth-order valence-corrected chi connectivity index (χ4v) is 3.35. The summed E-state index contributed by atoms with van der Waals surface area (Å²) in [5.74, 6) is 0. The van der Waals surface area contributed by atoms with Gasteiger partial charge in [-0.25, -0.2) is 0 Å². The zero-order valence-corrected chi connectivity index (χ0v) is 13.3. The number of hydrogen-bond donors (Lipinski definition) is 1. The summed E-state index contributed by atoms with van der Waals surface area (Å²) in [7, 11) is 0. The van der Waals surface area contributed by atoms with Crippen molar-refractivity contribution in [3.63, 3.8) is 0 Å². The van der Waals surface area contributed by atoms with Crippen molar-refractivity contribution in [2.45, 2.75) is 45.2 Å². The Morgan fingerprint density at radius 2 is 1.67 bits per heavy atom. The molecule has 100 valence electrons. The molecule has 1 aliphatic heterocycles. The molecule has 0 aromatic heterocycles. The Hall–Kier alpha value is -0.540. The molecule has 0 amide bonds. The molecule has 0 spiro atoms. The normalized spacial score (nSPS) is 22.6. The van der Waals surface area contributed by atoms with Gasteiger partial charge in [0.25, 0.3) is 0 Å². The highest BCUT2D eigenvalue weighted by Crippen LogP contribution is 2.35. The molecule has 1 aromatic carbocycles. The van der Waals surface area contributed by atoms with E-state index in [1.165, 1.54) is 5.69 Å². The van der Waals surface area contributed by atoms with E-state index in [9.17, 15) is 0 Å². The Morgan fingerprint density at radius 3 is 2.28 bits per heavy atom.